The Morgan fingerprint density at radius 1 is 1.23 bits per heavy atom. The number of rotatable bonds is 6. The van der Waals surface area contributed by atoms with E-state index in [0.717, 1.165) is 35.1 Å². The minimum absolute atomic E-state index is 0.0172. The van der Waals surface area contributed by atoms with Gasteiger partial charge in [0.05, 0.1) is 11.5 Å². The fourth-order valence-corrected chi connectivity index (χ4v) is 4.91. The summed E-state index contributed by atoms with van der Waals surface area (Å²) in [5.41, 5.74) is 3.99. The van der Waals surface area contributed by atoms with Crippen molar-refractivity contribution in [2.45, 2.75) is 26.2 Å². The number of nitrogens with zero attached hydrogens (tertiary/aromatic N) is 2. The van der Waals surface area contributed by atoms with Gasteiger partial charge in [0.1, 0.15) is 0 Å². The molecular formula is C25H27N3O2S. The van der Waals surface area contributed by atoms with E-state index in [-0.39, 0.29) is 17.7 Å². The molecule has 6 heteroatoms. The van der Waals surface area contributed by atoms with E-state index in [1.54, 1.807) is 17.5 Å². The van der Waals surface area contributed by atoms with Crippen LogP contribution < -0.4 is 5.32 Å². The average molecular weight is 434 g/mol. The van der Waals surface area contributed by atoms with Gasteiger partial charge in [0.2, 0.25) is 5.91 Å². The van der Waals surface area contributed by atoms with Gasteiger partial charge in [-0.15, -0.1) is 11.3 Å². The number of hydrogen-bond donors (Lipinski definition) is 1. The van der Waals surface area contributed by atoms with Crippen molar-refractivity contribution in [1.82, 2.24) is 15.2 Å². The first-order valence-corrected chi connectivity index (χ1v) is 11.7. The molecule has 0 radical (unpaired) electrons. The fourth-order valence-electron chi connectivity index (χ4n) is 3.94. The van der Waals surface area contributed by atoms with Crippen molar-refractivity contribution >= 4 is 23.2 Å². The van der Waals surface area contributed by atoms with E-state index < -0.39 is 0 Å². The molecule has 1 aliphatic rings. The third kappa shape index (κ3) is 5.20. The number of carbonyl (C=O) groups excluding carboxylic acids is 2. The number of pyridine rings is 1. The highest BCUT2D eigenvalue weighted by Crippen LogP contribution is 2.22. The summed E-state index contributed by atoms with van der Waals surface area (Å²) in [6, 6.07) is 14.2. The van der Waals surface area contributed by atoms with Crippen LogP contribution in [0.4, 0.5) is 0 Å². The van der Waals surface area contributed by atoms with Crippen LogP contribution in [0.3, 0.4) is 0 Å². The summed E-state index contributed by atoms with van der Waals surface area (Å²) in [5.74, 6) is -0.222. The second kappa shape index (κ2) is 9.88. The summed E-state index contributed by atoms with van der Waals surface area (Å²) in [5, 5.41) is 4.92. The highest BCUT2D eigenvalue weighted by molar-refractivity contribution is 7.10. The van der Waals surface area contributed by atoms with Crippen molar-refractivity contribution in [3.63, 3.8) is 0 Å². The standard InChI is InChI=1S/C25H27N3O2S/c1-2-4-23-14-22(17-31-23)25(30)28-12-11-27-24(29)21(16-28)13-18-6-8-19(9-7-18)20-5-3-10-26-15-20/h3,5-10,14-15,17,21H,2,4,11-13,16H2,1H3,(H,27,29). The van der Waals surface area contributed by atoms with Crippen molar-refractivity contribution in [1.29, 1.82) is 0 Å². The molecule has 1 atom stereocenters. The summed E-state index contributed by atoms with van der Waals surface area (Å²) in [4.78, 5) is 32.9. The fraction of sp³-hybridized carbons (Fsp3) is 0.320. The summed E-state index contributed by atoms with van der Waals surface area (Å²) in [7, 11) is 0. The number of benzene rings is 1. The van der Waals surface area contributed by atoms with Gasteiger partial charge in [-0.1, -0.05) is 43.7 Å². The number of hydrogen-bond acceptors (Lipinski definition) is 4. The summed E-state index contributed by atoms with van der Waals surface area (Å²) < 4.78 is 0. The molecule has 1 saturated heterocycles. The number of thiophene rings is 1. The molecule has 0 bridgehead atoms. The third-order valence-electron chi connectivity index (χ3n) is 5.61. The number of amides is 2. The van der Waals surface area contributed by atoms with E-state index in [1.165, 1.54) is 4.88 Å². The van der Waals surface area contributed by atoms with Crippen LogP contribution in [0.2, 0.25) is 0 Å². The van der Waals surface area contributed by atoms with E-state index >= 15 is 0 Å². The first kappa shape index (κ1) is 21.2. The van der Waals surface area contributed by atoms with Crippen LogP contribution in [0, 0.1) is 5.92 Å². The van der Waals surface area contributed by atoms with Gasteiger partial charge < -0.3 is 10.2 Å². The van der Waals surface area contributed by atoms with Crippen molar-refractivity contribution < 1.29 is 9.59 Å². The average Bonchev–Trinajstić information content (AvgIpc) is 3.19. The molecular weight excluding hydrogens is 406 g/mol. The van der Waals surface area contributed by atoms with Gasteiger partial charge >= 0.3 is 0 Å². The highest BCUT2D eigenvalue weighted by Gasteiger charge is 2.28. The lowest BCUT2D eigenvalue weighted by Gasteiger charge is -2.23. The van der Waals surface area contributed by atoms with Crippen LogP contribution in [0.1, 0.15) is 34.1 Å². The Balaban J connectivity index is 1.45. The number of aromatic nitrogens is 1. The number of nitrogens with one attached hydrogen (secondary N) is 1. The van der Waals surface area contributed by atoms with Gasteiger partial charge in [-0.2, -0.15) is 0 Å². The van der Waals surface area contributed by atoms with E-state index in [4.69, 9.17) is 0 Å². The molecule has 0 spiro atoms. The van der Waals surface area contributed by atoms with E-state index in [0.29, 0.717) is 26.1 Å². The SMILES string of the molecule is CCCc1cc(C(=O)N2CCNC(=O)C(Cc3ccc(-c4cccnc4)cc3)C2)cs1. The zero-order chi connectivity index (χ0) is 21.6. The highest BCUT2D eigenvalue weighted by atomic mass is 32.1. The first-order chi connectivity index (χ1) is 15.1. The smallest absolute Gasteiger partial charge is 0.254 e. The maximum absolute atomic E-state index is 13.1. The molecule has 1 unspecified atom stereocenters. The Labute approximate surface area is 187 Å². The molecule has 0 aliphatic carbocycles. The zero-order valence-electron chi connectivity index (χ0n) is 17.7. The van der Waals surface area contributed by atoms with E-state index in [2.05, 4.69) is 41.5 Å². The maximum Gasteiger partial charge on any atom is 0.254 e. The molecule has 1 aliphatic heterocycles. The quantitative estimate of drug-likeness (QED) is 0.634. The molecule has 160 valence electrons. The molecule has 2 aromatic heterocycles. The Bertz CT molecular complexity index is 1030. The lowest BCUT2D eigenvalue weighted by molar-refractivity contribution is -0.124. The van der Waals surface area contributed by atoms with Crippen molar-refractivity contribution in [2.75, 3.05) is 19.6 Å². The predicted octanol–water partition coefficient (Wildman–Crippen LogP) is 4.19. The molecule has 1 fully saturated rings. The van der Waals surface area contributed by atoms with Crippen molar-refractivity contribution in [3.05, 3.63) is 76.2 Å². The number of aryl methyl sites for hydroxylation is 1. The van der Waals surface area contributed by atoms with Crippen LogP contribution in [0.5, 0.6) is 0 Å². The molecule has 2 amide bonds. The summed E-state index contributed by atoms with van der Waals surface area (Å²) in [6.45, 7) is 3.61. The van der Waals surface area contributed by atoms with Crippen LogP contribution in [-0.2, 0) is 17.6 Å². The summed E-state index contributed by atoms with van der Waals surface area (Å²) >= 11 is 1.64. The van der Waals surface area contributed by atoms with Gasteiger partial charge in [-0.25, -0.2) is 0 Å². The Kier molecular flexibility index (Phi) is 6.77. The molecule has 1 aromatic carbocycles. The lowest BCUT2D eigenvalue weighted by Crippen LogP contribution is -2.37. The zero-order valence-corrected chi connectivity index (χ0v) is 18.5. The first-order valence-electron chi connectivity index (χ1n) is 10.8. The molecule has 4 rings (SSSR count). The van der Waals surface area contributed by atoms with Crippen LogP contribution in [-0.4, -0.2) is 41.3 Å². The predicted molar refractivity (Wildman–Crippen MR) is 124 cm³/mol. The Morgan fingerprint density at radius 2 is 2.06 bits per heavy atom. The molecule has 1 N–H and O–H groups in total. The van der Waals surface area contributed by atoms with E-state index in [1.807, 2.05) is 34.7 Å². The van der Waals surface area contributed by atoms with Gasteiger partial charge in [-0.05, 0) is 41.7 Å². The Hall–Kier alpha value is -2.99. The van der Waals surface area contributed by atoms with Crippen LogP contribution >= 0.6 is 11.3 Å². The largest absolute Gasteiger partial charge is 0.354 e. The topological polar surface area (TPSA) is 62.3 Å². The van der Waals surface area contributed by atoms with Crippen LogP contribution in [0.25, 0.3) is 11.1 Å². The normalized spacial score (nSPS) is 16.6. The Morgan fingerprint density at radius 3 is 2.81 bits per heavy atom. The molecule has 31 heavy (non-hydrogen) atoms. The van der Waals surface area contributed by atoms with Crippen LogP contribution in [0.15, 0.2) is 60.2 Å². The van der Waals surface area contributed by atoms with Gasteiger partial charge in [0, 0.05) is 42.3 Å². The van der Waals surface area contributed by atoms with Gasteiger partial charge in [0.25, 0.3) is 5.91 Å². The molecule has 0 saturated carbocycles. The second-order valence-corrected chi connectivity index (χ2v) is 8.93. The number of carbonyl (C=O) groups is 2. The minimum atomic E-state index is -0.260. The van der Waals surface area contributed by atoms with Crippen molar-refractivity contribution in [2.24, 2.45) is 5.92 Å². The molecule has 5 nitrogen and oxygen atoms in total. The minimum Gasteiger partial charge on any atom is -0.354 e. The van der Waals surface area contributed by atoms with E-state index in [9.17, 15) is 9.59 Å². The third-order valence-corrected chi connectivity index (χ3v) is 6.60. The second-order valence-electron chi connectivity index (χ2n) is 7.93. The monoisotopic (exact) mass is 433 g/mol. The molecule has 3 heterocycles. The van der Waals surface area contributed by atoms with Crippen molar-refractivity contribution in [3.8, 4) is 11.1 Å². The maximum atomic E-state index is 13.1. The van der Waals surface area contributed by atoms with Gasteiger partial charge in [0.15, 0.2) is 0 Å². The summed E-state index contributed by atoms with van der Waals surface area (Å²) in [6.07, 6.45) is 6.27. The van der Waals surface area contributed by atoms with Gasteiger partial charge in [-0.3, -0.25) is 14.6 Å². The molecule has 3 aromatic rings. The lowest BCUT2D eigenvalue weighted by atomic mass is 9.96.